The van der Waals surface area contributed by atoms with Gasteiger partial charge in [0.05, 0.1) is 6.61 Å². The van der Waals surface area contributed by atoms with E-state index in [9.17, 15) is 0 Å². The molecule has 0 aromatic carbocycles. The molecule has 0 saturated carbocycles. The summed E-state index contributed by atoms with van der Waals surface area (Å²) in [6, 6.07) is 8.08. The Kier molecular flexibility index (Phi) is 14.4. The SMILES string of the molecule is CC[Si](CC)(CC)OC(CO[SiH2]CCCCl)O[Si](CC)(CC)CC. The van der Waals surface area contributed by atoms with E-state index in [1.54, 1.807) is 0 Å². The minimum absolute atomic E-state index is 0.147. The molecule has 0 aromatic heterocycles. The van der Waals surface area contributed by atoms with Gasteiger partial charge >= 0.3 is 0 Å². The Balaban J connectivity index is 4.93. The molecule has 0 spiro atoms. The van der Waals surface area contributed by atoms with E-state index in [1.807, 2.05) is 0 Å². The molecule has 0 fully saturated rings. The van der Waals surface area contributed by atoms with E-state index in [0.717, 1.165) is 54.6 Å². The first-order valence-electron chi connectivity index (χ1n) is 10.00. The Morgan fingerprint density at radius 1 is 0.792 bits per heavy atom. The van der Waals surface area contributed by atoms with Crippen molar-refractivity contribution in [1.29, 1.82) is 0 Å². The van der Waals surface area contributed by atoms with Crippen LogP contribution in [0.15, 0.2) is 0 Å². The van der Waals surface area contributed by atoms with E-state index in [1.165, 1.54) is 0 Å². The zero-order chi connectivity index (χ0) is 18.5. The molecule has 3 nitrogen and oxygen atoms in total. The second-order valence-electron chi connectivity index (χ2n) is 6.62. The third-order valence-electron chi connectivity index (χ3n) is 5.56. The summed E-state index contributed by atoms with van der Waals surface area (Å²) in [5.41, 5.74) is 0. The van der Waals surface area contributed by atoms with Gasteiger partial charge in [0.15, 0.2) is 32.7 Å². The van der Waals surface area contributed by atoms with Crippen LogP contribution in [0.25, 0.3) is 0 Å². The maximum atomic E-state index is 6.68. The molecular weight excluding hydrogens is 372 g/mol. The maximum absolute atomic E-state index is 6.68. The van der Waals surface area contributed by atoms with E-state index in [-0.39, 0.29) is 6.29 Å². The number of hydrogen-bond donors (Lipinski definition) is 0. The van der Waals surface area contributed by atoms with Crippen LogP contribution >= 0.6 is 11.6 Å². The monoisotopic (exact) mass is 412 g/mol. The second-order valence-corrected chi connectivity index (χ2v) is 18.0. The average Bonchev–Trinajstić information content (AvgIpc) is 2.63. The van der Waals surface area contributed by atoms with E-state index in [2.05, 4.69) is 41.5 Å². The van der Waals surface area contributed by atoms with Crippen LogP contribution in [0.1, 0.15) is 48.0 Å². The third kappa shape index (κ3) is 8.47. The first-order valence-corrected chi connectivity index (χ1v) is 17.2. The predicted molar refractivity (Wildman–Crippen MR) is 115 cm³/mol. The van der Waals surface area contributed by atoms with Crippen molar-refractivity contribution >= 4 is 38.0 Å². The van der Waals surface area contributed by atoms with E-state index in [0.29, 0.717) is 6.61 Å². The van der Waals surface area contributed by atoms with Crippen LogP contribution in [-0.4, -0.2) is 45.2 Å². The van der Waals surface area contributed by atoms with Crippen LogP contribution in [-0.2, 0) is 13.3 Å². The van der Waals surface area contributed by atoms with Crippen LogP contribution in [0.4, 0.5) is 0 Å². The first kappa shape index (κ1) is 24.8. The molecule has 0 aliphatic heterocycles. The van der Waals surface area contributed by atoms with Gasteiger partial charge in [-0.05, 0) is 48.7 Å². The molecule has 0 aliphatic carbocycles. The lowest BCUT2D eigenvalue weighted by atomic mass is 10.6. The van der Waals surface area contributed by atoms with Crippen molar-refractivity contribution in [3.05, 3.63) is 0 Å². The number of halogens is 1. The van der Waals surface area contributed by atoms with E-state index < -0.39 is 26.4 Å². The lowest BCUT2D eigenvalue weighted by Crippen LogP contribution is -2.48. The molecule has 0 unspecified atom stereocenters. The Labute approximate surface area is 160 Å². The minimum atomic E-state index is -1.68. The van der Waals surface area contributed by atoms with Gasteiger partial charge in [-0.25, -0.2) is 0 Å². The summed E-state index contributed by atoms with van der Waals surface area (Å²) in [5, 5.41) is 0. The molecule has 0 heterocycles. The molecule has 0 radical (unpaired) electrons. The van der Waals surface area contributed by atoms with Crippen molar-refractivity contribution in [2.75, 3.05) is 12.5 Å². The summed E-state index contributed by atoms with van der Waals surface area (Å²) in [5.74, 6) is 0.738. The maximum Gasteiger partial charge on any atom is 0.195 e. The predicted octanol–water partition coefficient (Wildman–Crippen LogP) is 5.50. The summed E-state index contributed by atoms with van der Waals surface area (Å²) in [6.07, 6.45) is 0.918. The van der Waals surface area contributed by atoms with Gasteiger partial charge in [-0.2, -0.15) is 0 Å². The average molecular weight is 413 g/mol. The zero-order valence-corrected chi connectivity index (χ0v) is 21.1. The van der Waals surface area contributed by atoms with Crippen molar-refractivity contribution in [3.8, 4) is 0 Å². The summed E-state index contributed by atoms with van der Waals surface area (Å²) in [4.78, 5) is 0. The molecule has 0 atom stereocenters. The lowest BCUT2D eigenvalue weighted by Gasteiger charge is -2.38. The summed E-state index contributed by atoms with van der Waals surface area (Å²) < 4.78 is 19.4. The molecule has 0 aliphatic rings. The fourth-order valence-electron chi connectivity index (χ4n) is 3.13. The highest BCUT2D eigenvalue weighted by molar-refractivity contribution is 6.74. The molecule has 146 valence electrons. The Bertz CT molecular complexity index is 262. The lowest BCUT2D eigenvalue weighted by molar-refractivity contribution is -0.0439. The van der Waals surface area contributed by atoms with Gasteiger partial charge < -0.3 is 13.3 Å². The van der Waals surface area contributed by atoms with Crippen molar-refractivity contribution in [3.63, 3.8) is 0 Å². The van der Waals surface area contributed by atoms with Gasteiger partial charge in [-0.1, -0.05) is 41.5 Å². The third-order valence-corrected chi connectivity index (χ3v) is 16.4. The Hall–Kier alpha value is 0.821. The normalized spacial score (nSPS) is 13.5. The van der Waals surface area contributed by atoms with Gasteiger partial charge in [0.25, 0.3) is 0 Å². The van der Waals surface area contributed by atoms with E-state index in [4.69, 9.17) is 24.9 Å². The number of hydrogen-bond acceptors (Lipinski definition) is 3. The van der Waals surface area contributed by atoms with Crippen LogP contribution in [0.5, 0.6) is 0 Å². The van der Waals surface area contributed by atoms with Crippen LogP contribution in [0.3, 0.4) is 0 Å². The van der Waals surface area contributed by atoms with Crippen molar-refractivity contribution in [1.82, 2.24) is 0 Å². The molecule has 0 N–H and O–H groups in total. The molecule has 0 rings (SSSR count). The molecule has 0 bridgehead atoms. The molecule has 24 heavy (non-hydrogen) atoms. The molecule has 0 aromatic rings. The molecule has 0 saturated heterocycles. The van der Waals surface area contributed by atoms with Crippen molar-refractivity contribution < 1.29 is 13.3 Å². The van der Waals surface area contributed by atoms with Gasteiger partial charge in [0.1, 0.15) is 0 Å². The Morgan fingerprint density at radius 3 is 1.54 bits per heavy atom. The van der Waals surface area contributed by atoms with Gasteiger partial charge in [-0.15, -0.1) is 11.6 Å². The molecule has 7 heteroatoms. The summed E-state index contributed by atoms with van der Waals surface area (Å²) in [7, 11) is -3.86. The summed E-state index contributed by atoms with van der Waals surface area (Å²) >= 11 is 5.76. The Morgan fingerprint density at radius 2 is 1.21 bits per heavy atom. The van der Waals surface area contributed by atoms with Crippen molar-refractivity contribution in [2.24, 2.45) is 0 Å². The largest absolute Gasteiger partial charge is 0.419 e. The van der Waals surface area contributed by atoms with E-state index >= 15 is 0 Å². The quantitative estimate of drug-likeness (QED) is 0.145. The van der Waals surface area contributed by atoms with Gasteiger partial charge in [-0.3, -0.25) is 0 Å². The van der Waals surface area contributed by atoms with Gasteiger partial charge in [0.2, 0.25) is 0 Å². The highest BCUT2D eigenvalue weighted by Crippen LogP contribution is 2.28. The van der Waals surface area contributed by atoms with Crippen LogP contribution in [0, 0.1) is 0 Å². The zero-order valence-electron chi connectivity index (χ0n) is 17.0. The van der Waals surface area contributed by atoms with Crippen LogP contribution < -0.4 is 0 Å². The smallest absolute Gasteiger partial charge is 0.195 e. The fraction of sp³-hybridized carbons (Fsp3) is 1.00. The highest BCUT2D eigenvalue weighted by Gasteiger charge is 2.37. The number of alkyl halides is 1. The molecular formula is C17H41ClO3Si3. The topological polar surface area (TPSA) is 27.7 Å². The standard InChI is InChI=1S/C17H41ClO3Si3/c1-7-23(8-2,9-3)20-17(16-19-22-15-13-14-18)21-24(10-4,11-5)12-6/h17H,7-16,22H2,1-6H3. The first-order chi connectivity index (χ1) is 11.5. The highest BCUT2D eigenvalue weighted by atomic mass is 35.5. The summed E-state index contributed by atoms with van der Waals surface area (Å²) in [6.45, 7) is 14.3. The van der Waals surface area contributed by atoms with Gasteiger partial charge in [0, 0.05) is 5.88 Å². The molecule has 0 amide bonds. The second kappa shape index (κ2) is 14.0. The van der Waals surface area contributed by atoms with Crippen molar-refractivity contribution in [2.45, 2.75) is 96.6 Å². The fourth-order valence-corrected chi connectivity index (χ4v) is 10.1. The minimum Gasteiger partial charge on any atom is -0.419 e. The van der Waals surface area contributed by atoms with Crippen LogP contribution in [0.2, 0.25) is 42.3 Å². The number of rotatable bonds is 16.